The number of hydrogen-bond acceptors (Lipinski definition) is 2. The summed E-state index contributed by atoms with van der Waals surface area (Å²) in [4.78, 5) is 11.5. The maximum Gasteiger partial charge on any atom is 0.136 e. The Morgan fingerprint density at radius 3 is 2.67 bits per heavy atom. The van der Waals surface area contributed by atoms with Gasteiger partial charge in [0.05, 0.1) is 0 Å². The van der Waals surface area contributed by atoms with E-state index < -0.39 is 0 Å². The van der Waals surface area contributed by atoms with Gasteiger partial charge in [-0.3, -0.25) is 4.79 Å². The summed E-state index contributed by atoms with van der Waals surface area (Å²) in [7, 11) is 0. The summed E-state index contributed by atoms with van der Waals surface area (Å²) in [6.45, 7) is 6.50. The third-order valence-electron chi connectivity index (χ3n) is 3.71. The molecule has 0 spiro atoms. The first-order valence-electron chi connectivity index (χ1n) is 4.93. The first-order chi connectivity index (χ1) is 5.70. The van der Waals surface area contributed by atoms with E-state index in [1.54, 1.807) is 0 Å². The quantitative estimate of drug-likeness (QED) is 0.584. The second-order valence-corrected chi connectivity index (χ2v) is 4.42. The van der Waals surface area contributed by atoms with Crippen LogP contribution in [0.5, 0.6) is 0 Å². The Bertz CT molecular complexity index is 202. The molecule has 12 heavy (non-hydrogen) atoms. The molecule has 0 unspecified atom stereocenters. The molecule has 1 saturated carbocycles. The second kappa shape index (κ2) is 2.84. The predicted molar refractivity (Wildman–Crippen MR) is 47.8 cm³/mol. The highest BCUT2D eigenvalue weighted by Gasteiger charge is 2.43. The van der Waals surface area contributed by atoms with Gasteiger partial charge in [-0.2, -0.15) is 0 Å². The molecule has 1 N–H and O–H groups in total. The molecule has 4 atom stereocenters. The molecule has 1 heterocycles. The molecule has 2 aliphatic rings. The van der Waals surface area contributed by atoms with Gasteiger partial charge in [-0.05, 0) is 30.8 Å². The third-order valence-corrected chi connectivity index (χ3v) is 3.71. The van der Waals surface area contributed by atoms with E-state index in [2.05, 4.69) is 19.2 Å². The van der Waals surface area contributed by atoms with E-state index in [0.717, 1.165) is 19.5 Å². The monoisotopic (exact) mass is 167 g/mol. The SMILES string of the molecule is C[C@H]1CNC[C@H]2[C@H]1CC(=O)[C@@H]2C. The van der Waals surface area contributed by atoms with E-state index in [1.165, 1.54) is 0 Å². The van der Waals surface area contributed by atoms with Gasteiger partial charge in [0, 0.05) is 12.3 Å². The van der Waals surface area contributed by atoms with Gasteiger partial charge in [-0.1, -0.05) is 13.8 Å². The van der Waals surface area contributed by atoms with Gasteiger partial charge >= 0.3 is 0 Å². The Balaban J connectivity index is 2.16. The third kappa shape index (κ3) is 1.09. The Kier molecular flexibility index (Phi) is 1.95. The molecule has 1 saturated heterocycles. The van der Waals surface area contributed by atoms with Crippen molar-refractivity contribution in [1.82, 2.24) is 5.32 Å². The maximum atomic E-state index is 11.5. The standard InChI is InChI=1S/C10H17NO/c1-6-4-11-5-9-7(2)10(12)3-8(6)9/h6-9,11H,3-5H2,1-2H3/t6-,7+,8-,9+/m0/s1. The fourth-order valence-corrected chi connectivity index (χ4v) is 2.76. The van der Waals surface area contributed by atoms with Gasteiger partial charge in [-0.15, -0.1) is 0 Å². The Hall–Kier alpha value is -0.370. The number of hydrogen-bond donors (Lipinski definition) is 1. The summed E-state index contributed by atoms with van der Waals surface area (Å²) in [5, 5.41) is 3.40. The van der Waals surface area contributed by atoms with Crippen LogP contribution in [0.1, 0.15) is 20.3 Å². The van der Waals surface area contributed by atoms with E-state index in [9.17, 15) is 4.79 Å². The van der Waals surface area contributed by atoms with Gasteiger partial charge in [0.2, 0.25) is 0 Å². The molecule has 1 aliphatic carbocycles. The summed E-state index contributed by atoms with van der Waals surface area (Å²) in [5.74, 6) is 2.79. The van der Waals surface area contributed by atoms with E-state index in [4.69, 9.17) is 0 Å². The van der Waals surface area contributed by atoms with Crippen molar-refractivity contribution in [3.8, 4) is 0 Å². The molecule has 2 rings (SSSR count). The largest absolute Gasteiger partial charge is 0.316 e. The van der Waals surface area contributed by atoms with Crippen LogP contribution in [0.15, 0.2) is 0 Å². The zero-order valence-corrected chi connectivity index (χ0v) is 7.84. The van der Waals surface area contributed by atoms with Gasteiger partial charge in [-0.25, -0.2) is 0 Å². The maximum absolute atomic E-state index is 11.5. The highest BCUT2D eigenvalue weighted by atomic mass is 16.1. The molecule has 0 amide bonds. The van der Waals surface area contributed by atoms with Crippen molar-refractivity contribution in [3.63, 3.8) is 0 Å². The van der Waals surface area contributed by atoms with Crippen LogP contribution >= 0.6 is 0 Å². The van der Waals surface area contributed by atoms with Crippen molar-refractivity contribution < 1.29 is 4.79 Å². The second-order valence-electron chi connectivity index (χ2n) is 4.42. The van der Waals surface area contributed by atoms with E-state index in [1.807, 2.05) is 0 Å². The van der Waals surface area contributed by atoms with Crippen LogP contribution in [-0.2, 0) is 4.79 Å². The first kappa shape index (κ1) is 8.24. The lowest BCUT2D eigenvalue weighted by Gasteiger charge is -2.33. The minimum atomic E-state index is 0.310. The molecule has 0 radical (unpaired) electrons. The van der Waals surface area contributed by atoms with Crippen LogP contribution < -0.4 is 5.32 Å². The van der Waals surface area contributed by atoms with Gasteiger partial charge < -0.3 is 5.32 Å². The molecule has 0 aromatic carbocycles. The first-order valence-corrected chi connectivity index (χ1v) is 4.93. The minimum absolute atomic E-state index is 0.310. The average Bonchev–Trinajstić information content (AvgIpc) is 2.32. The molecule has 0 bridgehead atoms. The number of Topliss-reactive ketones (excluding diaryl/α,β-unsaturated/α-hetero) is 1. The van der Waals surface area contributed by atoms with Crippen LogP contribution in [-0.4, -0.2) is 18.9 Å². The zero-order valence-electron chi connectivity index (χ0n) is 7.84. The number of fused-ring (bicyclic) bond motifs is 1. The Morgan fingerprint density at radius 2 is 2.00 bits per heavy atom. The van der Waals surface area contributed by atoms with Crippen molar-refractivity contribution in [1.29, 1.82) is 0 Å². The van der Waals surface area contributed by atoms with Crippen molar-refractivity contribution >= 4 is 5.78 Å². The molecular formula is C10H17NO. The lowest BCUT2D eigenvalue weighted by Crippen LogP contribution is -2.41. The summed E-state index contributed by atoms with van der Waals surface area (Å²) in [5.41, 5.74) is 0. The molecule has 2 heteroatoms. The lowest BCUT2D eigenvalue weighted by atomic mass is 9.79. The number of carbonyl (C=O) groups is 1. The number of nitrogens with one attached hydrogen (secondary N) is 1. The average molecular weight is 167 g/mol. The molecule has 2 fully saturated rings. The van der Waals surface area contributed by atoms with Crippen LogP contribution in [0.2, 0.25) is 0 Å². The number of ketones is 1. The normalized spacial score (nSPS) is 47.7. The van der Waals surface area contributed by atoms with Crippen LogP contribution in [0, 0.1) is 23.7 Å². The van der Waals surface area contributed by atoms with E-state index in [-0.39, 0.29) is 0 Å². The lowest BCUT2D eigenvalue weighted by molar-refractivity contribution is -0.120. The summed E-state index contributed by atoms with van der Waals surface area (Å²) < 4.78 is 0. The van der Waals surface area contributed by atoms with Crippen LogP contribution in [0.3, 0.4) is 0 Å². The number of carbonyl (C=O) groups excluding carboxylic acids is 1. The molecule has 0 aromatic rings. The van der Waals surface area contributed by atoms with Gasteiger partial charge in [0.1, 0.15) is 5.78 Å². The van der Waals surface area contributed by atoms with E-state index in [0.29, 0.717) is 29.5 Å². The zero-order chi connectivity index (χ0) is 8.72. The predicted octanol–water partition coefficient (Wildman–Crippen LogP) is 1.07. The van der Waals surface area contributed by atoms with Gasteiger partial charge in [0.15, 0.2) is 0 Å². The minimum Gasteiger partial charge on any atom is -0.316 e. The molecule has 0 aromatic heterocycles. The van der Waals surface area contributed by atoms with E-state index >= 15 is 0 Å². The Labute approximate surface area is 73.7 Å². The van der Waals surface area contributed by atoms with Crippen LogP contribution in [0.4, 0.5) is 0 Å². The van der Waals surface area contributed by atoms with Crippen molar-refractivity contribution in [2.45, 2.75) is 20.3 Å². The molecule has 68 valence electrons. The summed E-state index contributed by atoms with van der Waals surface area (Å²) in [6, 6.07) is 0. The highest BCUT2D eigenvalue weighted by molar-refractivity contribution is 5.83. The van der Waals surface area contributed by atoms with Crippen LogP contribution in [0.25, 0.3) is 0 Å². The fourth-order valence-electron chi connectivity index (χ4n) is 2.76. The summed E-state index contributed by atoms with van der Waals surface area (Å²) >= 11 is 0. The molecule has 2 nitrogen and oxygen atoms in total. The fraction of sp³-hybridized carbons (Fsp3) is 0.900. The molecular weight excluding hydrogens is 150 g/mol. The molecule has 1 aliphatic heterocycles. The van der Waals surface area contributed by atoms with Gasteiger partial charge in [0.25, 0.3) is 0 Å². The summed E-state index contributed by atoms with van der Waals surface area (Å²) in [6.07, 6.45) is 0.842. The number of piperidine rings is 1. The topological polar surface area (TPSA) is 29.1 Å². The van der Waals surface area contributed by atoms with Crippen molar-refractivity contribution in [2.24, 2.45) is 23.7 Å². The smallest absolute Gasteiger partial charge is 0.136 e. The Morgan fingerprint density at radius 1 is 1.25 bits per heavy atom. The van der Waals surface area contributed by atoms with Crippen molar-refractivity contribution in [2.75, 3.05) is 13.1 Å². The number of rotatable bonds is 0. The highest BCUT2D eigenvalue weighted by Crippen LogP contribution is 2.40. The van der Waals surface area contributed by atoms with Crippen molar-refractivity contribution in [3.05, 3.63) is 0 Å².